The monoisotopic (exact) mass is 530 g/mol. The van der Waals surface area contributed by atoms with E-state index in [2.05, 4.69) is 20.0 Å². The highest BCUT2D eigenvalue weighted by Gasteiger charge is 2.38. The van der Waals surface area contributed by atoms with Crippen LogP contribution < -0.4 is 0 Å². The number of imidazole rings is 1. The molecule has 0 aliphatic heterocycles. The molecule has 2 heterocycles. The van der Waals surface area contributed by atoms with E-state index < -0.39 is 24.3 Å². The SMILES string of the molecule is Cc1noc(C)c1CN(C)CCc1nc2ccc(F)cc2[nH]1.O=C(O)C(F)(F)F.O=C(O)C(F)(F)F. The highest BCUT2D eigenvalue weighted by molar-refractivity contribution is 5.75. The van der Waals surface area contributed by atoms with Crippen molar-refractivity contribution in [3.05, 3.63) is 46.9 Å². The number of likely N-dealkylation sites (N-methyl/N-ethyl adjacent to an activating group) is 1. The fraction of sp³-hybridized carbons (Fsp3) is 0.400. The predicted octanol–water partition coefficient (Wildman–Crippen LogP) is 4.25. The number of aliphatic carboxylic acids is 2. The van der Waals surface area contributed by atoms with Gasteiger partial charge < -0.3 is 24.6 Å². The number of carboxylic acids is 2. The number of alkyl halides is 6. The summed E-state index contributed by atoms with van der Waals surface area (Å²) in [6, 6.07) is 4.59. The number of aryl methyl sites for hydroxylation is 2. The van der Waals surface area contributed by atoms with Gasteiger partial charge in [0.15, 0.2) is 0 Å². The van der Waals surface area contributed by atoms with Crippen LogP contribution in [0.25, 0.3) is 11.0 Å². The Morgan fingerprint density at radius 1 is 1.06 bits per heavy atom. The number of benzene rings is 1. The van der Waals surface area contributed by atoms with Crippen molar-refractivity contribution in [2.45, 2.75) is 39.2 Å². The minimum Gasteiger partial charge on any atom is -0.475 e. The number of aromatic amines is 1. The van der Waals surface area contributed by atoms with E-state index in [-0.39, 0.29) is 5.82 Å². The van der Waals surface area contributed by atoms with Crippen LogP contribution in [0.4, 0.5) is 30.7 Å². The van der Waals surface area contributed by atoms with Crippen LogP contribution >= 0.6 is 0 Å². The lowest BCUT2D eigenvalue weighted by atomic mass is 10.2. The van der Waals surface area contributed by atoms with Crippen LogP contribution in [0.3, 0.4) is 0 Å². The zero-order valence-corrected chi connectivity index (χ0v) is 19.0. The van der Waals surface area contributed by atoms with Crippen molar-refractivity contribution in [2.24, 2.45) is 0 Å². The predicted molar refractivity (Wildman–Crippen MR) is 109 cm³/mol. The number of hydrogen-bond acceptors (Lipinski definition) is 6. The molecule has 3 N–H and O–H groups in total. The summed E-state index contributed by atoms with van der Waals surface area (Å²) in [5, 5.41) is 18.2. The number of H-pyrrole nitrogens is 1. The van der Waals surface area contributed by atoms with Crippen molar-refractivity contribution in [3.8, 4) is 0 Å². The second-order valence-electron chi connectivity index (χ2n) is 7.24. The number of aromatic nitrogens is 3. The summed E-state index contributed by atoms with van der Waals surface area (Å²) >= 11 is 0. The fourth-order valence-corrected chi connectivity index (χ4v) is 2.53. The zero-order valence-electron chi connectivity index (χ0n) is 19.0. The highest BCUT2D eigenvalue weighted by Crippen LogP contribution is 2.16. The standard InChI is InChI=1S/C16H19FN4O.2C2HF3O2/c1-10-13(11(2)22-20-10)9-21(3)7-6-16-18-14-5-4-12(17)8-15(14)19-16;2*3-2(4,5)1(6)7/h4-5,8H,6-7,9H2,1-3H3,(H,18,19);2*(H,6,7). The summed E-state index contributed by atoms with van der Waals surface area (Å²) in [6.07, 6.45) is -9.39. The molecule has 0 amide bonds. The molecule has 16 heteroatoms. The number of nitrogens with zero attached hydrogens (tertiary/aromatic N) is 3. The number of rotatable bonds is 5. The quantitative estimate of drug-likeness (QED) is 0.417. The van der Waals surface area contributed by atoms with Crippen LogP contribution in [0.5, 0.6) is 0 Å². The molecule has 2 aromatic heterocycles. The van der Waals surface area contributed by atoms with Crippen LogP contribution in [-0.2, 0) is 22.6 Å². The summed E-state index contributed by atoms with van der Waals surface area (Å²) in [5.74, 6) is -4.03. The van der Waals surface area contributed by atoms with Crippen LogP contribution in [0.2, 0.25) is 0 Å². The summed E-state index contributed by atoms with van der Waals surface area (Å²) in [7, 11) is 2.05. The van der Waals surface area contributed by atoms with Crippen molar-refractivity contribution in [3.63, 3.8) is 0 Å². The first-order valence-corrected chi connectivity index (χ1v) is 9.76. The Kier molecular flexibility index (Phi) is 10.4. The number of halogens is 7. The van der Waals surface area contributed by atoms with Crippen LogP contribution in [-0.4, -0.2) is 68.1 Å². The lowest BCUT2D eigenvalue weighted by Crippen LogP contribution is -2.21. The van der Waals surface area contributed by atoms with Crippen LogP contribution in [0, 0.1) is 19.7 Å². The van der Waals surface area contributed by atoms with Gasteiger partial charge in [0.2, 0.25) is 0 Å². The van der Waals surface area contributed by atoms with Gasteiger partial charge in [-0.25, -0.2) is 19.0 Å². The summed E-state index contributed by atoms with van der Waals surface area (Å²) in [4.78, 5) is 27.6. The number of carboxylic acid groups (broad SMARTS) is 2. The molecule has 1 aromatic carbocycles. The van der Waals surface area contributed by atoms with E-state index in [9.17, 15) is 30.7 Å². The molecule has 0 aliphatic rings. The van der Waals surface area contributed by atoms with E-state index >= 15 is 0 Å². The molecule has 0 radical (unpaired) electrons. The number of carbonyl (C=O) groups is 2. The first-order valence-electron chi connectivity index (χ1n) is 9.76. The van der Waals surface area contributed by atoms with E-state index in [1.165, 1.54) is 12.1 Å². The third-order valence-corrected chi connectivity index (χ3v) is 4.32. The third kappa shape index (κ3) is 9.89. The van der Waals surface area contributed by atoms with Gasteiger partial charge in [0, 0.05) is 25.1 Å². The van der Waals surface area contributed by atoms with Crippen molar-refractivity contribution in [1.29, 1.82) is 0 Å². The van der Waals surface area contributed by atoms with Crippen molar-refractivity contribution in [1.82, 2.24) is 20.0 Å². The Morgan fingerprint density at radius 2 is 1.58 bits per heavy atom. The molecule has 0 atom stereocenters. The second kappa shape index (κ2) is 12.3. The van der Waals surface area contributed by atoms with Gasteiger partial charge in [-0.3, -0.25) is 0 Å². The van der Waals surface area contributed by atoms with E-state index in [1.54, 1.807) is 6.07 Å². The molecular weight excluding hydrogens is 509 g/mol. The Balaban J connectivity index is 0.000000383. The molecule has 3 aromatic rings. The number of hydrogen-bond donors (Lipinski definition) is 3. The van der Waals surface area contributed by atoms with Gasteiger partial charge in [-0.2, -0.15) is 26.3 Å². The van der Waals surface area contributed by atoms with E-state index in [0.717, 1.165) is 53.4 Å². The Morgan fingerprint density at radius 3 is 2.03 bits per heavy atom. The summed E-state index contributed by atoms with van der Waals surface area (Å²) < 4.78 is 81.8. The van der Waals surface area contributed by atoms with Gasteiger partial charge in [0.25, 0.3) is 0 Å². The van der Waals surface area contributed by atoms with Gasteiger partial charge >= 0.3 is 24.3 Å². The molecule has 3 rings (SSSR count). The third-order valence-electron chi connectivity index (χ3n) is 4.32. The summed E-state index contributed by atoms with van der Waals surface area (Å²) in [5.41, 5.74) is 3.60. The van der Waals surface area contributed by atoms with Crippen LogP contribution in [0.15, 0.2) is 22.7 Å². The number of fused-ring (bicyclic) bond motifs is 1. The Hall–Kier alpha value is -3.69. The Labute approximate surface area is 198 Å². The molecule has 200 valence electrons. The van der Waals surface area contributed by atoms with Crippen molar-refractivity contribution in [2.75, 3.05) is 13.6 Å². The molecule has 36 heavy (non-hydrogen) atoms. The first-order chi connectivity index (χ1) is 16.4. The molecule has 0 aliphatic carbocycles. The smallest absolute Gasteiger partial charge is 0.475 e. The van der Waals surface area contributed by atoms with Gasteiger partial charge in [-0.05, 0) is 39.1 Å². The van der Waals surface area contributed by atoms with Crippen molar-refractivity contribution < 1.29 is 55.1 Å². The summed E-state index contributed by atoms with van der Waals surface area (Å²) in [6.45, 7) is 5.51. The van der Waals surface area contributed by atoms with E-state index in [1.807, 2.05) is 20.9 Å². The number of nitrogens with one attached hydrogen (secondary N) is 1. The largest absolute Gasteiger partial charge is 0.490 e. The maximum Gasteiger partial charge on any atom is 0.490 e. The maximum atomic E-state index is 13.2. The second-order valence-corrected chi connectivity index (χ2v) is 7.24. The molecular formula is C20H21F7N4O5. The minimum atomic E-state index is -5.08. The van der Waals surface area contributed by atoms with E-state index in [4.69, 9.17) is 24.3 Å². The van der Waals surface area contributed by atoms with Crippen molar-refractivity contribution >= 4 is 23.0 Å². The molecule has 9 nitrogen and oxygen atoms in total. The average molecular weight is 530 g/mol. The normalized spacial score (nSPS) is 11.5. The van der Waals surface area contributed by atoms with Gasteiger partial charge in [0.1, 0.15) is 17.4 Å². The molecule has 0 saturated heterocycles. The van der Waals surface area contributed by atoms with Crippen LogP contribution in [0.1, 0.15) is 22.8 Å². The zero-order chi connectivity index (χ0) is 27.8. The lowest BCUT2D eigenvalue weighted by molar-refractivity contribution is -0.193. The average Bonchev–Trinajstić information content (AvgIpc) is 3.29. The lowest BCUT2D eigenvalue weighted by Gasteiger charge is -2.15. The minimum absolute atomic E-state index is 0.252. The molecule has 0 fully saturated rings. The fourth-order valence-electron chi connectivity index (χ4n) is 2.53. The topological polar surface area (TPSA) is 133 Å². The van der Waals surface area contributed by atoms with Gasteiger partial charge in [0.05, 0.1) is 16.7 Å². The molecule has 0 bridgehead atoms. The molecule has 0 unspecified atom stereocenters. The van der Waals surface area contributed by atoms with Gasteiger partial charge in [-0.15, -0.1) is 0 Å². The first kappa shape index (κ1) is 30.3. The van der Waals surface area contributed by atoms with E-state index in [0.29, 0.717) is 0 Å². The van der Waals surface area contributed by atoms with Gasteiger partial charge in [-0.1, -0.05) is 5.16 Å². The molecule has 0 spiro atoms. The molecule has 0 saturated carbocycles. The Bertz CT molecular complexity index is 1130. The highest BCUT2D eigenvalue weighted by atomic mass is 19.4. The maximum absolute atomic E-state index is 13.2.